The number of benzene rings is 1. The predicted molar refractivity (Wildman–Crippen MR) is 72.5 cm³/mol. The molecule has 0 bridgehead atoms. The highest BCUT2D eigenvalue weighted by Gasteiger charge is 2.12. The van der Waals surface area contributed by atoms with Crippen LogP contribution in [0.2, 0.25) is 0 Å². The summed E-state index contributed by atoms with van der Waals surface area (Å²) >= 11 is 0. The number of carbonyl (C=O) groups is 2. The summed E-state index contributed by atoms with van der Waals surface area (Å²) in [4.78, 5) is 36.3. The van der Waals surface area contributed by atoms with Crippen molar-refractivity contribution in [2.24, 2.45) is 7.05 Å². The number of anilines is 2. The van der Waals surface area contributed by atoms with Crippen LogP contribution in [0.3, 0.4) is 0 Å². The van der Waals surface area contributed by atoms with Crippen molar-refractivity contribution in [3.63, 3.8) is 0 Å². The number of nitrogens with zero attached hydrogens (tertiary/aromatic N) is 2. The summed E-state index contributed by atoms with van der Waals surface area (Å²) < 4.78 is 1.03. The first-order valence-electron chi connectivity index (χ1n) is 5.78. The molecule has 3 N–H and O–H groups in total. The molecule has 2 rings (SSSR count). The zero-order chi connectivity index (χ0) is 14.7. The van der Waals surface area contributed by atoms with E-state index in [0.29, 0.717) is 11.4 Å². The number of carbonyl (C=O) groups excluding carboxylic acids is 2. The average molecular weight is 275 g/mol. The van der Waals surface area contributed by atoms with E-state index in [0.717, 1.165) is 4.68 Å². The Morgan fingerprint density at radius 2 is 1.90 bits per heavy atom. The van der Waals surface area contributed by atoms with Gasteiger partial charge in [0.1, 0.15) is 0 Å². The highest BCUT2D eigenvalue weighted by atomic mass is 16.2. The molecule has 0 aliphatic rings. The highest BCUT2D eigenvalue weighted by Crippen LogP contribution is 2.15. The summed E-state index contributed by atoms with van der Waals surface area (Å²) in [5, 5.41) is 8.92. The fourth-order valence-corrected chi connectivity index (χ4v) is 1.57. The summed E-state index contributed by atoms with van der Waals surface area (Å²) in [6.07, 6.45) is 0. The molecule has 1 aromatic heterocycles. The van der Waals surface area contributed by atoms with Gasteiger partial charge in [0.05, 0.1) is 0 Å². The van der Waals surface area contributed by atoms with Gasteiger partial charge in [0.25, 0.3) is 5.91 Å². The minimum absolute atomic E-state index is 0.0811. The van der Waals surface area contributed by atoms with Crippen LogP contribution < -0.4 is 16.3 Å². The van der Waals surface area contributed by atoms with Crippen LogP contribution in [0, 0.1) is 0 Å². The van der Waals surface area contributed by atoms with Gasteiger partial charge in [-0.15, -0.1) is 5.10 Å². The Labute approximate surface area is 113 Å². The van der Waals surface area contributed by atoms with Gasteiger partial charge in [-0.05, 0) is 18.2 Å². The number of rotatable bonds is 3. The predicted octanol–water partition coefficient (Wildman–Crippen LogP) is 0.319. The van der Waals surface area contributed by atoms with Crippen LogP contribution in [0.15, 0.2) is 29.1 Å². The maximum Gasteiger partial charge on any atom is 0.343 e. The largest absolute Gasteiger partial charge is 0.343 e. The van der Waals surface area contributed by atoms with Crippen molar-refractivity contribution in [1.82, 2.24) is 14.8 Å². The Kier molecular flexibility index (Phi) is 3.65. The zero-order valence-corrected chi connectivity index (χ0v) is 10.9. The van der Waals surface area contributed by atoms with Gasteiger partial charge in [0.2, 0.25) is 11.7 Å². The first kappa shape index (κ1) is 13.5. The van der Waals surface area contributed by atoms with Crippen LogP contribution in [-0.4, -0.2) is 26.6 Å². The topological polar surface area (TPSA) is 109 Å². The molecule has 0 aliphatic carbocycles. The highest BCUT2D eigenvalue weighted by molar-refractivity contribution is 6.02. The molecule has 0 saturated heterocycles. The minimum Gasteiger partial charge on any atom is -0.326 e. The molecule has 8 heteroatoms. The third-order valence-corrected chi connectivity index (χ3v) is 2.43. The second-order valence-electron chi connectivity index (χ2n) is 4.12. The lowest BCUT2D eigenvalue weighted by Crippen LogP contribution is -2.15. The van der Waals surface area contributed by atoms with E-state index in [4.69, 9.17) is 0 Å². The van der Waals surface area contributed by atoms with E-state index in [9.17, 15) is 14.4 Å². The molecule has 2 amide bonds. The lowest BCUT2D eigenvalue weighted by Gasteiger charge is -2.06. The van der Waals surface area contributed by atoms with Gasteiger partial charge < -0.3 is 10.6 Å². The van der Waals surface area contributed by atoms with Crippen molar-refractivity contribution < 1.29 is 9.59 Å². The Morgan fingerprint density at radius 3 is 2.45 bits per heavy atom. The molecule has 104 valence electrons. The van der Waals surface area contributed by atoms with Crippen LogP contribution in [0.25, 0.3) is 0 Å². The zero-order valence-electron chi connectivity index (χ0n) is 10.9. The molecule has 1 aromatic carbocycles. The second-order valence-corrected chi connectivity index (χ2v) is 4.12. The van der Waals surface area contributed by atoms with E-state index in [1.54, 1.807) is 24.3 Å². The summed E-state index contributed by atoms with van der Waals surface area (Å²) in [5.41, 5.74) is 0.569. The van der Waals surface area contributed by atoms with Gasteiger partial charge in [0.15, 0.2) is 0 Å². The summed E-state index contributed by atoms with van der Waals surface area (Å²) in [6, 6.07) is 6.63. The Bertz CT molecular complexity index is 716. The van der Waals surface area contributed by atoms with E-state index in [1.165, 1.54) is 14.0 Å². The number of hydrogen-bond acceptors (Lipinski definition) is 4. The lowest BCUT2D eigenvalue weighted by molar-refractivity contribution is -0.114. The van der Waals surface area contributed by atoms with Gasteiger partial charge in [0, 0.05) is 25.3 Å². The molecule has 0 atom stereocenters. The molecule has 0 radical (unpaired) electrons. The number of aromatic nitrogens is 3. The van der Waals surface area contributed by atoms with Crippen LogP contribution in [0.5, 0.6) is 0 Å². The first-order chi connectivity index (χ1) is 9.45. The van der Waals surface area contributed by atoms with Crippen LogP contribution >= 0.6 is 0 Å². The van der Waals surface area contributed by atoms with E-state index in [1.807, 2.05) is 0 Å². The number of nitrogens with one attached hydrogen (secondary N) is 3. The van der Waals surface area contributed by atoms with Crippen LogP contribution in [-0.2, 0) is 11.8 Å². The molecule has 0 fully saturated rings. The van der Waals surface area contributed by atoms with Crippen molar-refractivity contribution in [3.05, 3.63) is 40.6 Å². The van der Waals surface area contributed by atoms with Crippen molar-refractivity contribution in [2.75, 3.05) is 10.6 Å². The SMILES string of the molecule is CC(=O)Nc1cccc(NC(=O)c2nn(C)c(=O)[nH]2)c1. The number of H-pyrrole nitrogens is 1. The Morgan fingerprint density at radius 1 is 1.25 bits per heavy atom. The van der Waals surface area contributed by atoms with Gasteiger partial charge in [-0.2, -0.15) is 0 Å². The standard InChI is InChI=1S/C12H13N5O3/c1-7(18)13-8-4-3-5-9(6-8)14-11(19)10-15-12(20)17(2)16-10/h3-6H,1-2H3,(H,13,18)(H,14,19)(H,15,16,20). The van der Waals surface area contributed by atoms with Gasteiger partial charge >= 0.3 is 5.69 Å². The van der Waals surface area contributed by atoms with Crippen molar-refractivity contribution >= 4 is 23.2 Å². The van der Waals surface area contributed by atoms with Crippen molar-refractivity contribution in [2.45, 2.75) is 6.92 Å². The molecule has 1 heterocycles. The van der Waals surface area contributed by atoms with E-state index in [-0.39, 0.29) is 11.7 Å². The van der Waals surface area contributed by atoms with E-state index < -0.39 is 11.6 Å². The minimum atomic E-state index is -0.539. The molecule has 8 nitrogen and oxygen atoms in total. The second kappa shape index (κ2) is 5.39. The van der Waals surface area contributed by atoms with Crippen molar-refractivity contribution in [3.8, 4) is 0 Å². The third kappa shape index (κ3) is 3.10. The average Bonchev–Trinajstić information content (AvgIpc) is 2.69. The Balaban J connectivity index is 2.15. The quantitative estimate of drug-likeness (QED) is 0.749. The smallest absolute Gasteiger partial charge is 0.326 e. The molecular weight excluding hydrogens is 262 g/mol. The summed E-state index contributed by atoms with van der Waals surface area (Å²) in [5.74, 6) is -0.826. The van der Waals surface area contributed by atoms with E-state index >= 15 is 0 Å². The van der Waals surface area contributed by atoms with Gasteiger partial charge in [-0.3, -0.25) is 14.6 Å². The molecule has 0 aliphatic heterocycles. The number of hydrogen-bond donors (Lipinski definition) is 3. The van der Waals surface area contributed by atoms with Gasteiger partial charge in [-0.25, -0.2) is 9.48 Å². The third-order valence-electron chi connectivity index (χ3n) is 2.43. The first-order valence-corrected chi connectivity index (χ1v) is 5.78. The molecular formula is C12H13N5O3. The molecule has 2 aromatic rings. The lowest BCUT2D eigenvalue weighted by atomic mass is 10.2. The maximum atomic E-state index is 11.9. The summed E-state index contributed by atoms with van der Waals surface area (Å²) in [6.45, 7) is 1.39. The number of aromatic amines is 1. The maximum absolute atomic E-state index is 11.9. The van der Waals surface area contributed by atoms with Crippen LogP contribution in [0.1, 0.15) is 17.5 Å². The number of amides is 2. The monoisotopic (exact) mass is 275 g/mol. The van der Waals surface area contributed by atoms with Crippen LogP contribution in [0.4, 0.5) is 11.4 Å². The molecule has 0 saturated carbocycles. The molecule has 0 unspecified atom stereocenters. The molecule has 0 spiro atoms. The fraction of sp³-hybridized carbons (Fsp3) is 0.167. The fourth-order valence-electron chi connectivity index (χ4n) is 1.57. The van der Waals surface area contributed by atoms with E-state index in [2.05, 4.69) is 20.7 Å². The Hall–Kier alpha value is -2.90. The summed E-state index contributed by atoms with van der Waals surface area (Å²) in [7, 11) is 1.44. The van der Waals surface area contributed by atoms with Gasteiger partial charge in [-0.1, -0.05) is 6.07 Å². The normalized spacial score (nSPS) is 10.1. The van der Waals surface area contributed by atoms with Crippen molar-refractivity contribution in [1.29, 1.82) is 0 Å². The number of aryl methyl sites for hydroxylation is 1. The molecule has 20 heavy (non-hydrogen) atoms.